The topological polar surface area (TPSA) is 36.4 Å². The molecule has 0 radical (unpaired) electrons. The van der Waals surface area contributed by atoms with Gasteiger partial charge in [0, 0.05) is 32.8 Å². The molecule has 0 spiro atoms. The molecule has 1 aromatic rings. The van der Waals surface area contributed by atoms with Crippen molar-refractivity contribution in [1.29, 1.82) is 0 Å². The molecule has 0 unspecified atom stereocenters. The van der Waals surface area contributed by atoms with Crippen LogP contribution in [0.2, 0.25) is 0 Å². The zero-order valence-corrected chi connectivity index (χ0v) is 12.2. The van der Waals surface area contributed by atoms with Crippen LogP contribution < -0.4 is 4.90 Å². The second-order valence-electron chi connectivity index (χ2n) is 5.87. The minimum absolute atomic E-state index is 0.179. The van der Waals surface area contributed by atoms with Crippen molar-refractivity contribution in [3.05, 3.63) is 23.9 Å². The molecule has 4 nitrogen and oxygen atoms in total. The Hall–Kier alpha value is -1.58. The van der Waals surface area contributed by atoms with E-state index in [0.29, 0.717) is 0 Å². The van der Waals surface area contributed by atoms with Crippen molar-refractivity contribution in [1.82, 2.24) is 9.88 Å². The number of likely N-dealkylation sites (tertiary alicyclic amines) is 1. The first-order valence-electron chi connectivity index (χ1n) is 7.74. The van der Waals surface area contributed by atoms with Crippen LogP contribution in [0.1, 0.15) is 50.6 Å². The summed E-state index contributed by atoms with van der Waals surface area (Å²) in [4.78, 5) is 20.7. The largest absolute Gasteiger partial charge is 0.357 e. The molecule has 2 aliphatic heterocycles. The van der Waals surface area contributed by atoms with Crippen molar-refractivity contribution in [2.24, 2.45) is 0 Å². The summed E-state index contributed by atoms with van der Waals surface area (Å²) in [5, 5.41) is 0. The predicted octanol–water partition coefficient (Wildman–Crippen LogP) is 2.76. The first-order chi connectivity index (χ1) is 9.75. The van der Waals surface area contributed by atoms with Crippen molar-refractivity contribution >= 4 is 11.7 Å². The summed E-state index contributed by atoms with van der Waals surface area (Å²) in [7, 11) is 0. The number of anilines is 1. The van der Waals surface area contributed by atoms with Gasteiger partial charge in [0.2, 0.25) is 5.91 Å². The number of hydrogen-bond acceptors (Lipinski definition) is 3. The van der Waals surface area contributed by atoms with E-state index in [1.165, 1.54) is 24.8 Å². The SMILES string of the molecule is CC(=O)N1CCCC[C@H]1c1ccc(N2CCCC2)nc1. The Morgan fingerprint density at radius 1 is 1.15 bits per heavy atom. The number of piperidine rings is 1. The van der Waals surface area contributed by atoms with Crippen LogP contribution in [0, 0.1) is 0 Å². The highest BCUT2D eigenvalue weighted by molar-refractivity contribution is 5.74. The highest BCUT2D eigenvalue weighted by Gasteiger charge is 2.26. The molecule has 0 N–H and O–H groups in total. The van der Waals surface area contributed by atoms with Crippen LogP contribution in [0.25, 0.3) is 0 Å². The second-order valence-corrected chi connectivity index (χ2v) is 5.87. The first-order valence-corrected chi connectivity index (χ1v) is 7.74. The van der Waals surface area contributed by atoms with E-state index in [0.717, 1.165) is 38.3 Å². The average Bonchev–Trinajstić information content (AvgIpc) is 3.02. The Morgan fingerprint density at radius 3 is 2.55 bits per heavy atom. The number of hydrogen-bond donors (Lipinski definition) is 0. The van der Waals surface area contributed by atoms with Crippen LogP contribution >= 0.6 is 0 Å². The molecule has 3 rings (SSSR count). The van der Waals surface area contributed by atoms with Gasteiger partial charge in [0.1, 0.15) is 5.82 Å². The zero-order chi connectivity index (χ0) is 13.9. The summed E-state index contributed by atoms with van der Waals surface area (Å²) in [6, 6.07) is 4.50. The fourth-order valence-electron chi connectivity index (χ4n) is 3.38. The van der Waals surface area contributed by atoms with Crippen molar-refractivity contribution in [2.45, 2.75) is 45.1 Å². The van der Waals surface area contributed by atoms with Gasteiger partial charge in [-0.1, -0.05) is 6.07 Å². The smallest absolute Gasteiger partial charge is 0.219 e. The third kappa shape index (κ3) is 2.65. The number of carbonyl (C=O) groups excluding carboxylic acids is 1. The van der Waals surface area contributed by atoms with E-state index >= 15 is 0 Å². The molecule has 3 heterocycles. The zero-order valence-electron chi connectivity index (χ0n) is 12.2. The molecule has 0 saturated carbocycles. The summed E-state index contributed by atoms with van der Waals surface area (Å²) in [5.41, 5.74) is 1.18. The molecule has 0 aliphatic carbocycles. The van der Waals surface area contributed by atoms with Gasteiger partial charge in [0.15, 0.2) is 0 Å². The molecular formula is C16H23N3O. The molecule has 2 saturated heterocycles. The van der Waals surface area contributed by atoms with E-state index in [9.17, 15) is 4.79 Å². The predicted molar refractivity (Wildman–Crippen MR) is 79.7 cm³/mol. The highest BCUT2D eigenvalue weighted by Crippen LogP contribution is 2.31. The number of pyridine rings is 1. The Morgan fingerprint density at radius 2 is 1.90 bits per heavy atom. The third-order valence-electron chi connectivity index (χ3n) is 4.49. The van der Waals surface area contributed by atoms with E-state index in [-0.39, 0.29) is 11.9 Å². The summed E-state index contributed by atoms with van der Waals surface area (Å²) in [6.07, 6.45) is 7.88. The summed E-state index contributed by atoms with van der Waals surface area (Å²) >= 11 is 0. The van der Waals surface area contributed by atoms with E-state index in [2.05, 4.69) is 22.0 Å². The van der Waals surface area contributed by atoms with Crippen LogP contribution in [-0.4, -0.2) is 35.4 Å². The van der Waals surface area contributed by atoms with Gasteiger partial charge in [-0.25, -0.2) is 4.98 Å². The van der Waals surface area contributed by atoms with Gasteiger partial charge < -0.3 is 9.80 Å². The van der Waals surface area contributed by atoms with Crippen LogP contribution in [0.5, 0.6) is 0 Å². The molecule has 1 aromatic heterocycles. The lowest BCUT2D eigenvalue weighted by atomic mass is 9.96. The van der Waals surface area contributed by atoms with Crippen molar-refractivity contribution < 1.29 is 4.79 Å². The monoisotopic (exact) mass is 273 g/mol. The lowest BCUT2D eigenvalue weighted by Crippen LogP contribution is -2.37. The van der Waals surface area contributed by atoms with Gasteiger partial charge >= 0.3 is 0 Å². The number of aromatic nitrogens is 1. The highest BCUT2D eigenvalue weighted by atomic mass is 16.2. The van der Waals surface area contributed by atoms with Crippen molar-refractivity contribution in [2.75, 3.05) is 24.5 Å². The minimum Gasteiger partial charge on any atom is -0.357 e. The van der Waals surface area contributed by atoms with Crippen LogP contribution in [0.15, 0.2) is 18.3 Å². The number of nitrogens with zero attached hydrogens (tertiary/aromatic N) is 3. The lowest BCUT2D eigenvalue weighted by Gasteiger charge is -2.35. The van der Waals surface area contributed by atoms with Gasteiger partial charge in [-0.2, -0.15) is 0 Å². The number of carbonyl (C=O) groups is 1. The van der Waals surface area contributed by atoms with E-state index in [1.807, 2.05) is 11.1 Å². The summed E-state index contributed by atoms with van der Waals surface area (Å²) < 4.78 is 0. The standard InChI is InChI=1S/C16H23N3O/c1-13(20)19-11-3-2-6-15(19)14-7-8-16(17-12-14)18-9-4-5-10-18/h7-8,12,15H,2-6,9-11H2,1H3/t15-/m0/s1. The first kappa shape index (κ1) is 13.4. The van der Waals surface area contributed by atoms with E-state index in [1.54, 1.807) is 6.92 Å². The van der Waals surface area contributed by atoms with Crippen molar-refractivity contribution in [3.8, 4) is 0 Å². The number of amides is 1. The van der Waals surface area contributed by atoms with E-state index < -0.39 is 0 Å². The molecule has 108 valence electrons. The molecule has 1 atom stereocenters. The Balaban J connectivity index is 1.77. The third-order valence-corrected chi connectivity index (χ3v) is 4.49. The van der Waals surface area contributed by atoms with Gasteiger partial charge in [-0.3, -0.25) is 4.79 Å². The van der Waals surface area contributed by atoms with E-state index in [4.69, 9.17) is 0 Å². The van der Waals surface area contributed by atoms with Gasteiger partial charge in [0.05, 0.1) is 6.04 Å². The molecule has 1 amide bonds. The molecule has 2 aliphatic rings. The maximum Gasteiger partial charge on any atom is 0.219 e. The fraction of sp³-hybridized carbons (Fsp3) is 0.625. The average molecular weight is 273 g/mol. The lowest BCUT2D eigenvalue weighted by molar-refractivity contribution is -0.132. The van der Waals surface area contributed by atoms with Gasteiger partial charge in [0.25, 0.3) is 0 Å². The normalized spacial score (nSPS) is 23.1. The van der Waals surface area contributed by atoms with Crippen LogP contribution in [0.3, 0.4) is 0 Å². The maximum atomic E-state index is 11.8. The van der Waals surface area contributed by atoms with Gasteiger partial charge in [-0.05, 0) is 43.7 Å². The van der Waals surface area contributed by atoms with Crippen molar-refractivity contribution in [3.63, 3.8) is 0 Å². The second kappa shape index (κ2) is 5.81. The maximum absolute atomic E-state index is 11.8. The molecular weight excluding hydrogens is 250 g/mol. The van der Waals surface area contributed by atoms with Gasteiger partial charge in [-0.15, -0.1) is 0 Å². The molecule has 0 aromatic carbocycles. The molecule has 4 heteroatoms. The quantitative estimate of drug-likeness (QED) is 0.831. The van der Waals surface area contributed by atoms with Crippen LogP contribution in [0.4, 0.5) is 5.82 Å². The molecule has 20 heavy (non-hydrogen) atoms. The number of rotatable bonds is 2. The Bertz CT molecular complexity index is 465. The fourth-order valence-corrected chi connectivity index (χ4v) is 3.38. The summed E-state index contributed by atoms with van der Waals surface area (Å²) in [5.74, 6) is 1.26. The molecule has 0 bridgehead atoms. The Kier molecular flexibility index (Phi) is 3.90. The van der Waals surface area contributed by atoms with Crippen LogP contribution in [-0.2, 0) is 4.79 Å². The molecule has 2 fully saturated rings. The Labute approximate surface area is 120 Å². The summed E-state index contributed by atoms with van der Waals surface area (Å²) in [6.45, 7) is 4.79. The minimum atomic E-state index is 0.179.